The number of nitrogens with zero attached hydrogens (tertiary/aromatic N) is 3. The lowest BCUT2D eigenvalue weighted by atomic mass is 10.3. The van der Waals surface area contributed by atoms with E-state index in [1.807, 2.05) is 0 Å². The van der Waals surface area contributed by atoms with Gasteiger partial charge >= 0.3 is 0 Å². The van der Waals surface area contributed by atoms with Crippen molar-refractivity contribution in [3.05, 3.63) is 36.7 Å². The molecular weight excluding hydrogens is 332 g/mol. The molecule has 8 N–H and O–H groups in total. The fourth-order valence-corrected chi connectivity index (χ4v) is 2.13. The third-order valence-electron chi connectivity index (χ3n) is 2.63. The van der Waals surface area contributed by atoms with E-state index in [9.17, 15) is 4.21 Å². The van der Waals surface area contributed by atoms with Crippen LogP contribution < -0.4 is 27.4 Å². The van der Waals surface area contributed by atoms with Crippen molar-refractivity contribution in [2.24, 2.45) is 11.5 Å². The number of hydrogen-bond donors (Lipinski definition) is 6. The number of hydrogen-bond acceptors (Lipinski definition) is 9. The summed E-state index contributed by atoms with van der Waals surface area (Å²) < 4.78 is 20.3. The van der Waals surface area contributed by atoms with Crippen LogP contribution >= 0.6 is 0 Å². The molecule has 2 rings (SSSR count). The van der Waals surface area contributed by atoms with Crippen molar-refractivity contribution >= 4 is 34.6 Å². The number of rotatable bonds is 8. The predicted molar refractivity (Wildman–Crippen MR) is 93.1 cm³/mol. The Labute approximate surface area is 141 Å². The van der Waals surface area contributed by atoms with E-state index >= 15 is 0 Å². The Morgan fingerprint density at radius 3 is 2.62 bits per heavy atom. The van der Waals surface area contributed by atoms with Crippen molar-refractivity contribution in [2.75, 3.05) is 29.0 Å². The van der Waals surface area contributed by atoms with E-state index in [0.717, 1.165) is 0 Å². The highest BCUT2D eigenvalue weighted by atomic mass is 32.2. The molecule has 0 spiro atoms. The van der Waals surface area contributed by atoms with Gasteiger partial charge in [-0.3, -0.25) is 0 Å². The molecule has 0 amide bonds. The normalized spacial score (nSPS) is 11.6. The van der Waals surface area contributed by atoms with Gasteiger partial charge in [-0.1, -0.05) is 12.6 Å². The van der Waals surface area contributed by atoms with Crippen molar-refractivity contribution in [1.82, 2.24) is 15.0 Å². The van der Waals surface area contributed by atoms with Crippen LogP contribution in [0.15, 0.2) is 41.6 Å². The Kier molecular flexibility index (Phi) is 6.01. The van der Waals surface area contributed by atoms with Gasteiger partial charge in [0.15, 0.2) is 11.1 Å². The molecule has 1 heterocycles. The van der Waals surface area contributed by atoms with E-state index in [2.05, 4.69) is 37.5 Å². The largest absolute Gasteiger partial charge is 0.386 e. The average molecular weight is 350 g/mol. The van der Waals surface area contributed by atoms with Gasteiger partial charge in [0.25, 0.3) is 0 Å². The van der Waals surface area contributed by atoms with E-state index in [-0.39, 0.29) is 22.6 Å². The lowest BCUT2D eigenvalue weighted by Gasteiger charge is -2.11. The molecule has 1 aromatic carbocycles. The van der Waals surface area contributed by atoms with Crippen molar-refractivity contribution in [3.8, 4) is 0 Å². The van der Waals surface area contributed by atoms with Gasteiger partial charge in [0.2, 0.25) is 17.8 Å². The van der Waals surface area contributed by atoms with Gasteiger partial charge < -0.3 is 32.0 Å². The molecule has 0 fully saturated rings. The Morgan fingerprint density at radius 1 is 1.25 bits per heavy atom. The fraction of sp³-hybridized carbons (Fsp3) is 0.154. The second-order valence-electron chi connectivity index (χ2n) is 4.57. The lowest BCUT2D eigenvalue weighted by Crippen LogP contribution is -2.17. The zero-order valence-electron chi connectivity index (χ0n) is 12.7. The third-order valence-corrected chi connectivity index (χ3v) is 3.28. The second kappa shape index (κ2) is 8.19. The Balaban J connectivity index is 2.28. The Bertz CT molecular complexity index is 755. The fourth-order valence-electron chi connectivity index (χ4n) is 1.71. The summed E-state index contributed by atoms with van der Waals surface area (Å²) in [5.74, 6) is 0.883. The molecule has 0 saturated carbocycles. The van der Waals surface area contributed by atoms with Gasteiger partial charge in [-0.25, -0.2) is 4.21 Å². The molecular formula is C13H18N8O2S. The van der Waals surface area contributed by atoms with Gasteiger partial charge in [-0.05, 0) is 18.2 Å². The molecule has 128 valence electrons. The van der Waals surface area contributed by atoms with Gasteiger partial charge in [0.05, 0.1) is 10.7 Å². The maximum Gasteiger partial charge on any atom is 0.234 e. The smallest absolute Gasteiger partial charge is 0.234 e. The van der Waals surface area contributed by atoms with E-state index in [4.69, 9.17) is 16.0 Å². The molecule has 1 atom stereocenters. The lowest BCUT2D eigenvalue weighted by molar-refractivity contribution is 0.564. The van der Waals surface area contributed by atoms with Crippen LogP contribution in [0.4, 0.5) is 23.5 Å². The van der Waals surface area contributed by atoms with E-state index < -0.39 is 11.1 Å². The summed E-state index contributed by atoms with van der Waals surface area (Å²) in [6.45, 7) is 4.42. The summed E-state index contributed by atoms with van der Waals surface area (Å²) in [6.07, 6.45) is 0. The topological polar surface area (TPSA) is 164 Å². The molecule has 0 aliphatic rings. The predicted octanol–water partition coefficient (Wildman–Crippen LogP) is 0.408. The van der Waals surface area contributed by atoms with Crippen LogP contribution in [0.3, 0.4) is 0 Å². The number of anilines is 4. The van der Waals surface area contributed by atoms with Crippen LogP contribution in [0.25, 0.3) is 0 Å². The first-order valence-electron chi connectivity index (χ1n) is 6.87. The van der Waals surface area contributed by atoms with Gasteiger partial charge in [-0.15, -0.1) is 0 Å². The summed E-state index contributed by atoms with van der Waals surface area (Å²) >= 11 is -2.08. The summed E-state index contributed by atoms with van der Waals surface area (Å²) in [7, 11) is 0. The molecule has 0 radical (unpaired) electrons. The minimum Gasteiger partial charge on any atom is -0.386 e. The van der Waals surface area contributed by atoms with Crippen LogP contribution in [0, 0.1) is 0 Å². The third kappa shape index (κ3) is 5.15. The van der Waals surface area contributed by atoms with E-state index in [1.165, 1.54) is 12.1 Å². The minimum atomic E-state index is -2.08. The number of nitrogens with one attached hydrogen (secondary N) is 3. The maximum absolute atomic E-state index is 11.1. The summed E-state index contributed by atoms with van der Waals surface area (Å²) in [6, 6.07) is 6.40. The van der Waals surface area contributed by atoms with Crippen LogP contribution in [0.2, 0.25) is 0 Å². The SMILES string of the molecule is C=C(N)Nc1nc(NCCN)nc(Nc2cccc(S(=O)O)c2)n1. The maximum atomic E-state index is 11.1. The molecule has 10 nitrogen and oxygen atoms in total. The number of aromatic nitrogens is 3. The van der Waals surface area contributed by atoms with Gasteiger partial charge in [0.1, 0.15) is 0 Å². The van der Waals surface area contributed by atoms with Crippen LogP contribution in [0.5, 0.6) is 0 Å². The Morgan fingerprint density at radius 2 is 1.96 bits per heavy atom. The second-order valence-corrected chi connectivity index (χ2v) is 5.54. The highest BCUT2D eigenvalue weighted by molar-refractivity contribution is 7.79. The molecule has 0 saturated heterocycles. The van der Waals surface area contributed by atoms with E-state index in [0.29, 0.717) is 24.7 Å². The molecule has 2 aromatic rings. The zero-order valence-corrected chi connectivity index (χ0v) is 13.5. The summed E-state index contributed by atoms with van der Waals surface area (Å²) in [5, 5.41) is 8.58. The molecule has 1 unspecified atom stereocenters. The standard InChI is InChI=1S/C13H18N8O2S/c1-8(15)17-12-19-11(16-6-5-14)20-13(21-12)18-9-3-2-4-10(7-9)24(22)23/h2-4,7H,1,5-6,14-15H2,(H,22,23)(H3,16,17,18,19,20,21). The number of nitrogens with two attached hydrogens (primary N) is 2. The Hall–Kier alpha value is -2.76. The van der Waals surface area contributed by atoms with Gasteiger partial charge in [-0.2, -0.15) is 15.0 Å². The first-order valence-corrected chi connectivity index (χ1v) is 7.98. The van der Waals surface area contributed by atoms with Gasteiger partial charge in [0, 0.05) is 18.8 Å². The molecule has 0 bridgehead atoms. The first kappa shape index (κ1) is 17.6. The van der Waals surface area contributed by atoms with Crippen molar-refractivity contribution in [3.63, 3.8) is 0 Å². The molecule has 0 aliphatic heterocycles. The monoisotopic (exact) mass is 350 g/mol. The quantitative estimate of drug-likeness (QED) is 0.367. The molecule has 11 heteroatoms. The van der Waals surface area contributed by atoms with Crippen molar-refractivity contribution in [2.45, 2.75) is 4.90 Å². The minimum absolute atomic E-state index is 0.176. The average Bonchev–Trinajstić information content (AvgIpc) is 2.52. The highest BCUT2D eigenvalue weighted by Gasteiger charge is 2.08. The summed E-state index contributed by atoms with van der Waals surface area (Å²) in [4.78, 5) is 12.7. The highest BCUT2D eigenvalue weighted by Crippen LogP contribution is 2.18. The van der Waals surface area contributed by atoms with Crippen LogP contribution in [0.1, 0.15) is 0 Å². The summed E-state index contributed by atoms with van der Waals surface area (Å²) in [5.41, 5.74) is 11.5. The van der Waals surface area contributed by atoms with Crippen LogP contribution in [-0.4, -0.2) is 36.8 Å². The number of benzene rings is 1. The van der Waals surface area contributed by atoms with Crippen LogP contribution in [-0.2, 0) is 11.1 Å². The van der Waals surface area contributed by atoms with Crippen molar-refractivity contribution < 1.29 is 8.76 Å². The molecule has 0 aliphatic carbocycles. The molecule has 24 heavy (non-hydrogen) atoms. The zero-order chi connectivity index (χ0) is 17.5. The van der Waals surface area contributed by atoms with E-state index in [1.54, 1.807) is 12.1 Å². The first-order chi connectivity index (χ1) is 11.5. The molecule has 1 aromatic heterocycles. The van der Waals surface area contributed by atoms with Crippen molar-refractivity contribution in [1.29, 1.82) is 0 Å².